The molecule has 2 aromatic carbocycles. The van der Waals surface area contributed by atoms with Gasteiger partial charge in [0.25, 0.3) is 0 Å². The van der Waals surface area contributed by atoms with Crippen molar-refractivity contribution < 1.29 is 23.8 Å². The summed E-state index contributed by atoms with van der Waals surface area (Å²) in [6, 6.07) is 12.3. The predicted octanol–water partition coefficient (Wildman–Crippen LogP) is 6.58. The van der Waals surface area contributed by atoms with E-state index >= 15 is 0 Å². The number of methoxy groups -OCH3 is 1. The maximum atomic E-state index is 12.7. The van der Waals surface area contributed by atoms with Crippen LogP contribution in [0.1, 0.15) is 30.1 Å². The maximum absolute atomic E-state index is 12.7. The van der Waals surface area contributed by atoms with Crippen LogP contribution < -0.4 is 20.1 Å². The monoisotopic (exact) mass is 566 g/mol. The van der Waals surface area contributed by atoms with Crippen molar-refractivity contribution in [3.05, 3.63) is 63.5 Å². The first kappa shape index (κ1) is 27.7. The summed E-state index contributed by atoms with van der Waals surface area (Å²) in [5, 5.41) is 8.89. The summed E-state index contributed by atoms with van der Waals surface area (Å²) in [5.74, 6) is 0.424. The maximum Gasteiger partial charge on any atom is 0.341 e. The van der Waals surface area contributed by atoms with Crippen LogP contribution in [0.3, 0.4) is 0 Å². The molecule has 0 saturated heterocycles. The van der Waals surface area contributed by atoms with Crippen LogP contribution >= 0.6 is 46.8 Å². The second-order valence-corrected chi connectivity index (χ2v) is 9.46. The summed E-state index contributed by atoms with van der Waals surface area (Å²) >= 11 is 18.5. The fraction of sp³-hybridized carbons (Fsp3) is 0.240. The molecule has 0 atom stereocenters. The number of halogens is 2. The van der Waals surface area contributed by atoms with Gasteiger partial charge in [0.15, 0.2) is 5.11 Å². The van der Waals surface area contributed by atoms with Crippen molar-refractivity contribution in [1.29, 1.82) is 0 Å². The average molecular weight is 568 g/mol. The normalized spacial score (nSPS) is 10.4. The average Bonchev–Trinajstić information content (AvgIpc) is 3.26. The molecule has 1 amide bonds. The van der Waals surface area contributed by atoms with Crippen LogP contribution in [0.25, 0.3) is 11.1 Å². The van der Waals surface area contributed by atoms with E-state index < -0.39 is 5.97 Å². The zero-order valence-corrected chi connectivity index (χ0v) is 22.7. The Morgan fingerprint density at radius 1 is 1.11 bits per heavy atom. The molecular weight excluding hydrogens is 543 g/mol. The van der Waals surface area contributed by atoms with Crippen LogP contribution in [0.5, 0.6) is 11.5 Å². The lowest BCUT2D eigenvalue weighted by Gasteiger charge is -2.12. The molecule has 0 aliphatic heterocycles. The smallest absolute Gasteiger partial charge is 0.341 e. The molecule has 7 nitrogen and oxygen atoms in total. The second-order valence-electron chi connectivity index (χ2n) is 7.33. The molecule has 3 rings (SSSR count). The lowest BCUT2D eigenvalue weighted by atomic mass is 10.0. The van der Waals surface area contributed by atoms with E-state index in [1.54, 1.807) is 32.2 Å². The van der Waals surface area contributed by atoms with Gasteiger partial charge in [-0.25, -0.2) is 4.79 Å². The van der Waals surface area contributed by atoms with Gasteiger partial charge in [0, 0.05) is 22.4 Å². The van der Waals surface area contributed by atoms with Crippen molar-refractivity contribution in [3.63, 3.8) is 0 Å². The molecule has 190 valence electrons. The minimum atomic E-state index is -0.487. The summed E-state index contributed by atoms with van der Waals surface area (Å²) in [6.45, 7) is 2.25. The number of ether oxygens (including phenoxy) is 3. The van der Waals surface area contributed by atoms with E-state index in [0.29, 0.717) is 44.1 Å². The topological polar surface area (TPSA) is 85.9 Å². The quantitative estimate of drug-likeness (QED) is 0.163. The van der Waals surface area contributed by atoms with Crippen LogP contribution in [0.2, 0.25) is 10.0 Å². The van der Waals surface area contributed by atoms with E-state index in [1.165, 1.54) is 11.3 Å². The van der Waals surface area contributed by atoms with E-state index in [1.807, 2.05) is 29.6 Å². The molecule has 0 bridgehead atoms. The number of anilines is 1. The highest BCUT2D eigenvalue weighted by Crippen LogP contribution is 2.37. The Morgan fingerprint density at radius 3 is 2.53 bits per heavy atom. The minimum Gasteiger partial charge on any atom is -0.497 e. The van der Waals surface area contributed by atoms with Gasteiger partial charge in [-0.3, -0.25) is 4.79 Å². The highest BCUT2D eigenvalue weighted by molar-refractivity contribution is 7.80. The molecule has 0 spiro atoms. The summed E-state index contributed by atoms with van der Waals surface area (Å²) in [4.78, 5) is 25.1. The van der Waals surface area contributed by atoms with Gasteiger partial charge in [0.1, 0.15) is 22.1 Å². The molecule has 1 heterocycles. The molecule has 0 aliphatic rings. The van der Waals surface area contributed by atoms with E-state index in [-0.39, 0.29) is 30.7 Å². The standard InChI is InChI=1S/C25H24Cl2N2O5S2/c1-3-33-24(31)22-18(15-6-9-17(32-2)10-7-15)14-36-23(22)29-25(35)28-21(30)5-4-12-34-20-11-8-16(26)13-19(20)27/h6-11,13-14H,3-5,12H2,1-2H3,(H2,28,29,30,35). The number of amides is 1. The lowest BCUT2D eigenvalue weighted by molar-refractivity contribution is -0.119. The van der Waals surface area contributed by atoms with Gasteiger partial charge in [0.2, 0.25) is 5.91 Å². The number of rotatable bonds is 10. The third-order valence-electron chi connectivity index (χ3n) is 4.85. The Hall–Kier alpha value is -2.85. The Balaban J connectivity index is 1.59. The molecule has 0 aliphatic carbocycles. The fourth-order valence-electron chi connectivity index (χ4n) is 3.17. The third kappa shape index (κ3) is 7.57. The van der Waals surface area contributed by atoms with E-state index in [2.05, 4.69) is 10.6 Å². The molecule has 0 saturated carbocycles. The number of hydrogen-bond donors (Lipinski definition) is 2. The van der Waals surface area contributed by atoms with Crippen LogP contribution in [0.15, 0.2) is 47.8 Å². The van der Waals surface area contributed by atoms with Crippen molar-refractivity contribution >= 4 is 68.7 Å². The predicted molar refractivity (Wildman–Crippen MR) is 148 cm³/mol. The highest BCUT2D eigenvalue weighted by Gasteiger charge is 2.22. The van der Waals surface area contributed by atoms with Gasteiger partial charge in [-0.15, -0.1) is 11.3 Å². The summed E-state index contributed by atoms with van der Waals surface area (Å²) in [6.07, 6.45) is 0.626. The number of esters is 1. The molecule has 0 unspecified atom stereocenters. The van der Waals surface area contributed by atoms with Gasteiger partial charge in [-0.1, -0.05) is 35.3 Å². The van der Waals surface area contributed by atoms with Crippen LogP contribution in [-0.4, -0.2) is 37.3 Å². The van der Waals surface area contributed by atoms with Gasteiger partial charge in [-0.2, -0.15) is 0 Å². The van der Waals surface area contributed by atoms with Crippen molar-refractivity contribution in [1.82, 2.24) is 5.32 Å². The number of thiophene rings is 1. The third-order valence-corrected chi connectivity index (χ3v) is 6.48. The number of carbonyl (C=O) groups is 2. The summed E-state index contributed by atoms with van der Waals surface area (Å²) in [7, 11) is 1.59. The van der Waals surface area contributed by atoms with Crippen molar-refractivity contribution in [2.75, 3.05) is 25.6 Å². The van der Waals surface area contributed by atoms with Crippen LogP contribution in [-0.2, 0) is 9.53 Å². The SMILES string of the molecule is CCOC(=O)c1c(-c2ccc(OC)cc2)csc1NC(=S)NC(=O)CCCOc1ccc(Cl)cc1Cl. The van der Waals surface area contributed by atoms with Gasteiger partial charge in [0.05, 0.1) is 25.3 Å². The lowest BCUT2D eigenvalue weighted by Crippen LogP contribution is -2.34. The van der Waals surface area contributed by atoms with Crippen molar-refractivity contribution in [2.24, 2.45) is 0 Å². The van der Waals surface area contributed by atoms with Gasteiger partial charge < -0.3 is 24.8 Å². The Morgan fingerprint density at radius 2 is 1.86 bits per heavy atom. The first-order valence-corrected chi connectivity index (χ1v) is 13.0. The Bertz CT molecular complexity index is 1230. The zero-order valence-electron chi connectivity index (χ0n) is 19.6. The molecule has 1 aromatic heterocycles. The molecule has 2 N–H and O–H groups in total. The largest absolute Gasteiger partial charge is 0.497 e. The number of thiocarbonyl (C=S) groups is 1. The Labute approximate surface area is 228 Å². The number of hydrogen-bond acceptors (Lipinski definition) is 7. The number of nitrogens with one attached hydrogen (secondary N) is 2. The van der Waals surface area contributed by atoms with E-state index in [0.717, 1.165) is 5.56 Å². The van der Waals surface area contributed by atoms with Crippen LogP contribution in [0.4, 0.5) is 5.00 Å². The minimum absolute atomic E-state index is 0.0790. The highest BCUT2D eigenvalue weighted by atomic mass is 35.5. The Kier molecular flexibility index (Phi) is 10.4. The molecule has 3 aromatic rings. The number of benzene rings is 2. The van der Waals surface area contributed by atoms with E-state index in [9.17, 15) is 9.59 Å². The van der Waals surface area contributed by atoms with Crippen molar-refractivity contribution in [2.45, 2.75) is 19.8 Å². The van der Waals surface area contributed by atoms with Crippen LogP contribution in [0, 0.1) is 0 Å². The first-order valence-electron chi connectivity index (χ1n) is 10.9. The first-order chi connectivity index (χ1) is 17.3. The molecule has 36 heavy (non-hydrogen) atoms. The van der Waals surface area contributed by atoms with Gasteiger partial charge >= 0.3 is 5.97 Å². The van der Waals surface area contributed by atoms with Crippen molar-refractivity contribution in [3.8, 4) is 22.6 Å². The fourth-order valence-corrected chi connectivity index (χ4v) is 4.87. The van der Waals surface area contributed by atoms with E-state index in [4.69, 9.17) is 49.6 Å². The van der Waals surface area contributed by atoms with Gasteiger partial charge in [-0.05, 0) is 61.5 Å². The number of carbonyl (C=O) groups excluding carboxylic acids is 2. The zero-order chi connectivity index (χ0) is 26.1. The molecule has 11 heteroatoms. The molecule has 0 fully saturated rings. The summed E-state index contributed by atoms with van der Waals surface area (Å²) in [5.41, 5.74) is 1.85. The second kappa shape index (κ2) is 13.5. The summed E-state index contributed by atoms with van der Waals surface area (Å²) < 4.78 is 16.1. The molecular formula is C25H24Cl2N2O5S2. The molecule has 0 radical (unpaired) electrons.